The van der Waals surface area contributed by atoms with Gasteiger partial charge in [-0.2, -0.15) is 5.10 Å². The lowest BCUT2D eigenvalue weighted by Gasteiger charge is -2.30. The lowest BCUT2D eigenvalue weighted by Crippen LogP contribution is -2.41. The molecule has 0 aliphatic heterocycles. The van der Waals surface area contributed by atoms with Crippen molar-refractivity contribution in [1.82, 2.24) is 30.4 Å². The number of unbranched alkanes of at least 4 members (excludes halogenated alkanes) is 5. The highest BCUT2D eigenvalue weighted by Gasteiger charge is 2.27. The minimum absolute atomic E-state index is 0.259. The molecule has 2 aliphatic rings. The van der Waals surface area contributed by atoms with Crippen LogP contribution in [0.3, 0.4) is 0 Å². The van der Waals surface area contributed by atoms with E-state index in [4.69, 9.17) is 4.74 Å². The van der Waals surface area contributed by atoms with E-state index in [0.29, 0.717) is 36.3 Å². The van der Waals surface area contributed by atoms with Crippen LogP contribution in [-0.2, 0) is 18.2 Å². The smallest absolute Gasteiger partial charge is 0.407 e. The summed E-state index contributed by atoms with van der Waals surface area (Å²) >= 11 is 0. The number of nitrogens with one attached hydrogen (secondary N) is 3. The molecule has 9 nitrogen and oxygen atoms in total. The van der Waals surface area contributed by atoms with Crippen LogP contribution in [0, 0.1) is 11.7 Å². The number of aromatic nitrogens is 4. The topological polar surface area (TPSA) is 106 Å². The minimum atomic E-state index is -0.400. The summed E-state index contributed by atoms with van der Waals surface area (Å²) in [4.78, 5) is 20.5. The highest BCUT2D eigenvalue weighted by molar-refractivity contribution is 5.68. The van der Waals surface area contributed by atoms with E-state index in [-0.39, 0.29) is 11.6 Å². The summed E-state index contributed by atoms with van der Waals surface area (Å²) in [6.45, 7) is 7.38. The Morgan fingerprint density at radius 1 is 1.00 bits per heavy atom. The van der Waals surface area contributed by atoms with Gasteiger partial charge >= 0.3 is 6.09 Å². The van der Waals surface area contributed by atoms with E-state index in [9.17, 15) is 9.18 Å². The Morgan fingerprint density at radius 2 is 1.68 bits per heavy atom. The molecule has 2 aromatic heterocycles. The van der Waals surface area contributed by atoms with Gasteiger partial charge in [0.05, 0.1) is 19.0 Å². The van der Waals surface area contributed by atoms with Gasteiger partial charge in [0.2, 0.25) is 5.95 Å². The highest BCUT2D eigenvalue weighted by atomic mass is 19.1. The number of halogens is 1. The largest absolute Gasteiger partial charge is 0.450 e. The lowest BCUT2D eigenvalue weighted by molar-refractivity contribution is 0.135. The molecule has 2 heterocycles. The van der Waals surface area contributed by atoms with Crippen LogP contribution in [0.15, 0.2) is 12.4 Å². The number of anilines is 1. The summed E-state index contributed by atoms with van der Waals surface area (Å²) < 4.78 is 21.8. The molecule has 2 fully saturated rings. The van der Waals surface area contributed by atoms with Crippen molar-refractivity contribution < 1.29 is 13.9 Å². The van der Waals surface area contributed by atoms with E-state index in [1.54, 1.807) is 6.20 Å². The number of nitrogens with zero attached hydrogens (tertiary/aromatic N) is 4. The fourth-order valence-corrected chi connectivity index (χ4v) is 5.50. The zero-order valence-corrected chi connectivity index (χ0v) is 25.5. The number of alkyl carbamates (subject to hydrolysis) is 1. The number of carbonyl (C=O) groups is 1. The van der Waals surface area contributed by atoms with E-state index in [1.807, 2.05) is 32.5 Å². The molecule has 41 heavy (non-hydrogen) atoms. The first-order valence-corrected chi connectivity index (χ1v) is 15.7. The third-order valence-corrected chi connectivity index (χ3v) is 8.01. The molecule has 0 atom stereocenters. The van der Waals surface area contributed by atoms with E-state index < -0.39 is 5.82 Å². The monoisotopic (exact) mass is 571 g/mol. The second-order valence-electron chi connectivity index (χ2n) is 12.9. The van der Waals surface area contributed by atoms with Gasteiger partial charge < -0.3 is 20.7 Å². The van der Waals surface area contributed by atoms with Crippen LogP contribution in [0.2, 0.25) is 0 Å². The molecular weight excluding hydrogens is 521 g/mol. The van der Waals surface area contributed by atoms with Crippen LogP contribution < -0.4 is 16.0 Å². The predicted octanol–water partition coefficient (Wildman–Crippen LogP) is 6.15. The second kappa shape index (κ2) is 14.9. The first-order chi connectivity index (χ1) is 19.7. The van der Waals surface area contributed by atoms with Crippen molar-refractivity contribution >= 4 is 12.0 Å². The SMILES string of the molecule is Cn1ncc(-c2nc(NC3CCC(NCCCCCCCCOC(=O)NC(C)(C)C)CC3)ncc2F)c1CC1CC1. The van der Waals surface area contributed by atoms with Gasteiger partial charge in [-0.05, 0) is 91.0 Å². The number of hydrogen-bond donors (Lipinski definition) is 3. The van der Waals surface area contributed by atoms with Gasteiger partial charge in [0, 0.05) is 35.9 Å². The van der Waals surface area contributed by atoms with Crippen LogP contribution in [0.4, 0.5) is 15.1 Å². The number of amides is 1. The van der Waals surface area contributed by atoms with Gasteiger partial charge in [-0.25, -0.2) is 19.2 Å². The van der Waals surface area contributed by atoms with Gasteiger partial charge in [-0.15, -0.1) is 0 Å². The Kier molecular flexibility index (Phi) is 11.4. The molecule has 2 aliphatic carbocycles. The van der Waals surface area contributed by atoms with Crippen LogP contribution in [0.5, 0.6) is 0 Å². The number of rotatable bonds is 15. The normalized spacial score (nSPS) is 19.2. The van der Waals surface area contributed by atoms with E-state index in [0.717, 1.165) is 62.7 Å². The third-order valence-electron chi connectivity index (χ3n) is 8.01. The van der Waals surface area contributed by atoms with Crippen molar-refractivity contribution in [3.8, 4) is 11.3 Å². The van der Waals surface area contributed by atoms with Crippen LogP contribution in [0.1, 0.15) is 104 Å². The average Bonchev–Trinajstić information content (AvgIpc) is 3.67. The Labute approximate surface area is 244 Å². The summed E-state index contributed by atoms with van der Waals surface area (Å²) in [6.07, 6.45) is 17.2. The van der Waals surface area contributed by atoms with Gasteiger partial charge in [-0.3, -0.25) is 4.68 Å². The molecular formula is C31H50FN7O2. The van der Waals surface area contributed by atoms with Gasteiger partial charge in [0.15, 0.2) is 5.82 Å². The van der Waals surface area contributed by atoms with Crippen LogP contribution in [-0.4, -0.2) is 56.6 Å². The Morgan fingerprint density at radius 3 is 2.39 bits per heavy atom. The zero-order valence-electron chi connectivity index (χ0n) is 25.5. The summed E-state index contributed by atoms with van der Waals surface area (Å²) in [7, 11) is 1.92. The lowest BCUT2D eigenvalue weighted by atomic mass is 9.91. The molecule has 0 aromatic carbocycles. The Balaban J connectivity index is 1.07. The highest BCUT2D eigenvalue weighted by Crippen LogP contribution is 2.36. The summed E-state index contributed by atoms with van der Waals surface area (Å²) in [5.41, 5.74) is 1.92. The van der Waals surface area contributed by atoms with E-state index >= 15 is 0 Å². The summed E-state index contributed by atoms with van der Waals surface area (Å²) in [6, 6.07) is 0.851. The molecule has 0 radical (unpaired) electrons. The van der Waals surface area contributed by atoms with E-state index in [1.165, 1.54) is 44.7 Å². The average molecular weight is 572 g/mol. The number of hydrogen-bond acceptors (Lipinski definition) is 7. The maximum atomic E-state index is 14.7. The molecule has 0 spiro atoms. The van der Waals surface area contributed by atoms with Crippen molar-refractivity contribution in [3.05, 3.63) is 23.9 Å². The maximum Gasteiger partial charge on any atom is 0.407 e. The molecule has 0 saturated heterocycles. The van der Waals surface area contributed by atoms with Crippen molar-refractivity contribution in [2.24, 2.45) is 13.0 Å². The fraction of sp³-hybridized carbons (Fsp3) is 0.742. The molecule has 10 heteroatoms. The fourth-order valence-electron chi connectivity index (χ4n) is 5.50. The van der Waals surface area contributed by atoms with Crippen molar-refractivity contribution in [1.29, 1.82) is 0 Å². The number of carbonyl (C=O) groups excluding carboxylic acids is 1. The minimum Gasteiger partial charge on any atom is -0.450 e. The molecule has 4 rings (SSSR count). The van der Waals surface area contributed by atoms with Crippen molar-refractivity contribution in [3.63, 3.8) is 0 Å². The first-order valence-electron chi connectivity index (χ1n) is 15.7. The predicted molar refractivity (Wildman–Crippen MR) is 160 cm³/mol. The van der Waals surface area contributed by atoms with E-state index in [2.05, 4.69) is 31.0 Å². The Hall–Kier alpha value is -2.75. The maximum absolute atomic E-state index is 14.7. The van der Waals surface area contributed by atoms with Crippen molar-refractivity contribution in [2.45, 2.75) is 122 Å². The molecule has 2 aromatic rings. The third kappa shape index (κ3) is 10.5. The quantitative estimate of drug-likeness (QED) is 0.220. The Bertz CT molecular complexity index is 1100. The standard InChI is InChI=1S/C31H50FN7O2/c1-31(2,3)38-30(40)41-18-10-8-6-5-7-9-17-33-23-13-15-24(16-14-23)36-29-34-21-26(32)28(37-29)25-20-35-39(4)27(25)19-22-11-12-22/h20-24,33H,5-19H2,1-4H3,(H,38,40)(H,34,36,37). The molecule has 0 bridgehead atoms. The van der Waals surface area contributed by atoms with Crippen LogP contribution in [0.25, 0.3) is 11.3 Å². The summed E-state index contributed by atoms with van der Waals surface area (Å²) in [5, 5.41) is 14.4. The molecule has 3 N–H and O–H groups in total. The molecule has 0 unspecified atom stereocenters. The first kappa shape index (κ1) is 31.2. The molecule has 2 saturated carbocycles. The van der Waals surface area contributed by atoms with Crippen LogP contribution >= 0.6 is 0 Å². The number of aryl methyl sites for hydroxylation is 1. The molecule has 228 valence electrons. The summed E-state index contributed by atoms with van der Waals surface area (Å²) in [5.74, 6) is 0.781. The number of ether oxygens (including phenoxy) is 1. The zero-order chi connectivity index (χ0) is 29.2. The second-order valence-corrected chi connectivity index (χ2v) is 12.9. The van der Waals surface area contributed by atoms with Gasteiger partial charge in [0.25, 0.3) is 0 Å². The molecule has 1 amide bonds. The van der Waals surface area contributed by atoms with Gasteiger partial charge in [0.1, 0.15) is 5.69 Å². The van der Waals surface area contributed by atoms with Crippen molar-refractivity contribution in [2.75, 3.05) is 18.5 Å². The van der Waals surface area contributed by atoms with Gasteiger partial charge in [-0.1, -0.05) is 25.7 Å².